The van der Waals surface area contributed by atoms with Crippen LogP contribution in [0.1, 0.15) is 35.8 Å². The van der Waals surface area contributed by atoms with Crippen LogP contribution in [0.4, 0.5) is 0 Å². The lowest BCUT2D eigenvalue weighted by molar-refractivity contribution is 0.0946. The third kappa shape index (κ3) is 5.38. The number of carbonyl (C=O) groups excluding carboxylic acids is 1. The third-order valence-electron chi connectivity index (χ3n) is 4.00. The standard InChI is InChI=1S/C22H23N3O2/c1-2-3-4-5-14-27-18-9-6-8-17(15-18)16-24-22(26)21-12-11-19-20(25-21)10-7-13-23-19/h3-4,6-13,15H,2,5,14,16H2,1H3,(H,24,26). The number of hydrogen-bond donors (Lipinski definition) is 1. The van der Waals surface area contributed by atoms with E-state index in [1.54, 1.807) is 24.4 Å². The summed E-state index contributed by atoms with van der Waals surface area (Å²) in [7, 11) is 0. The molecule has 1 N–H and O–H groups in total. The van der Waals surface area contributed by atoms with Crippen LogP contribution in [0.25, 0.3) is 11.0 Å². The number of amides is 1. The van der Waals surface area contributed by atoms with Gasteiger partial charge in [-0.25, -0.2) is 4.98 Å². The van der Waals surface area contributed by atoms with E-state index in [1.165, 1.54) is 0 Å². The van der Waals surface area contributed by atoms with Crippen LogP contribution in [-0.2, 0) is 6.54 Å². The van der Waals surface area contributed by atoms with Crippen molar-refractivity contribution in [2.45, 2.75) is 26.3 Å². The summed E-state index contributed by atoms with van der Waals surface area (Å²) in [6, 6.07) is 14.9. The van der Waals surface area contributed by atoms with Crippen LogP contribution in [0.3, 0.4) is 0 Å². The van der Waals surface area contributed by atoms with E-state index in [-0.39, 0.29) is 5.91 Å². The van der Waals surface area contributed by atoms with Gasteiger partial charge in [0.1, 0.15) is 11.4 Å². The highest BCUT2D eigenvalue weighted by Gasteiger charge is 2.08. The normalized spacial score (nSPS) is 11.0. The van der Waals surface area contributed by atoms with Gasteiger partial charge in [-0.15, -0.1) is 0 Å². The third-order valence-corrected chi connectivity index (χ3v) is 4.00. The van der Waals surface area contributed by atoms with Crippen LogP contribution < -0.4 is 10.1 Å². The maximum Gasteiger partial charge on any atom is 0.270 e. The van der Waals surface area contributed by atoms with Crippen molar-refractivity contribution in [3.8, 4) is 5.75 Å². The van der Waals surface area contributed by atoms with Gasteiger partial charge < -0.3 is 10.1 Å². The van der Waals surface area contributed by atoms with E-state index >= 15 is 0 Å². The molecule has 0 aliphatic heterocycles. The highest BCUT2D eigenvalue weighted by Crippen LogP contribution is 2.14. The minimum absolute atomic E-state index is 0.211. The van der Waals surface area contributed by atoms with Gasteiger partial charge in [0.25, 0.3) is 5.91 Å². The second kappa shape index (κ2) is 9.48. The first-order chi connectivity index (χ1) is 13.3. The first-order valence-electron chi connectivity index (χ1n) is 9.13. The molecule has 0 bridgehead atoms. The van der Waals surface area contributed by atoms with Crippen LogP contribution in [0.15, 0.2) is 66.9 Å². The monoisotopic (exact) mass is 361 g/mol. The number of carbonyl (C=O) groups is 1. The Morgan fingerprint density at radius 2 is 2.04 bits per heavy atom. The Bertz CT molecular complexity index is 937. The Hall–Kier alpha value is -3.21. The SMILES string of the molecule is CCC=CCCOc1cccc(CNC(=O)c2ccc3ncccc3n2)c1. The topological polar surface area (TPSA) is 64.1 Å². The van der Waals surface area contributed by atoms with Gasteiger partial charge in [0.2, 0.25) is 0 Å². The van der Waals surface area contributed by atoms with Gasteiger partial charge in [-0.1, -0.05) is 31.2 Å². The van der Waals surface area contributed by atoms with E-state index < -0.39 is 0 Å². The molecule has 0 radical (unpaired) electrons. The first-order valence-corrected chi connectivity index (χ1v) is 9.13. The van der Waals surface area contributed by atoms with Crippen molar-refractivity contribution in [1.29, 1.82) is 0 Å². The van der Waals surface area contributed by atoms with Crippen LogP contribution in [-0.4, -0.2) is 22.5 Å². The van der Waals surface area contributed by atoms with Gasteiger partial charge in [0, 0.05) is 12.7 Å². The van der Waals surface area contributed by atoms with Crippen molar-refractivity contribution in [1.82, 2.24) is 15.3 Å². The molecule has 1 amide bonds. The van der Waals surface area contributed by atoms with Crippen LogP contribution >= 0.6 is 0 Å². The molecule has 3 rings (SSSR count). The lowest BCUT2D eigenvalue weighted by Crippen LogP contribution is -2.23. The zero-order valence-corrected chi connectivity index (χ0v) is 15.4. The molecule has 0 unspecified atom stereocenters. The molecule has 138 valence electrons. The average Bonchev–Trinajstić information content (AvgIpc) is 2.72. The number of pyridine rings is 2. The minimum Gasteiger partial charge on any atom is -0.493 e. The molecule has 0 atom stereocenters. The molecule has 0 saturated carbocycles. The predicted octanol–water partition coefficient (Wildman–Crippen LogP) is 4.29. The maximum absolute atomic E-state index is 12.4. The van der Waals surface area contributed by atoms with Crippen LogP contribution in [0.5, 0.6) is 5.75 Å². The molecule has 5 nitrogen and oxygen atoms in total. The fraction of sp³-hybridized carbons (Fsp3) is 0.227. The zero-order valence-electron chi connectivity index (χ0n) is 15.4. The van der Waals surface area contributed by atoms with Crippen molar-refractivity contribution in [2.75, 3.05) is 6.61 Å². The van der Waals surface area contributed by atoms with Crippen molar-refractivity contribution >= 4 is 16.9 Å². The number of aromatic nitrogens is 2. The molecule has 1 aromatic carbocycles. The molecule has 0 aliphatic rings. The number of nitrogens with one attached hydrogen (secondary N) is 1. The maximum atomic E-state index is 12.4. The van der Waals surface area contributed by atoms with Gasteiger partial charge in [0.15, 0.2) is 0 Å². The average molecular weight is 361 g/mol. The number of ether oxygens (including phenoxy) is 1. The summed E-state index contributed by atoms with van der Waals surface area (Å²) in [4.78, 5) is 21.0. The van der Waals surface area contributed by atoms with E-state index in [4.69, 9.17) is 4.74 Å². The number of fused-ring (bicyclic) bond motifs is 1. The molecule has 0 saturated heterocycles. The van der Waals surface area contributed by atoms with Gasteiger partial charge in [0.05, 0.1) is 17.6 Å². The molecule has 27 heavy (non-hydrogen) atoms. The summed E-state index contributed by atoms with van der Waals surface area (Å²) in [5, 5.41) is 2.90. The highest BCUT2D eigenvalue weighted by molar-refractivity contribution is 5.94. The second-order valence-electron chi connectivity index (χ2n) is 6.09. The Morgan fingerprint density at radius 1 is 1.11 bits per heavy atom. The molecule has 2 heterocycles. The van der Waals surface area contributed by atoms with Crippen LogP contribution in [0, 0.1) is 0 Å². The van der Waals surface area contributed by atoms with Crippen LogP contribution in [0.2, 0.25) is 0 Å². The summed E-state index contributed by atoms with van der Waals surface area (Å²) < 4.78 is 5.75. The van der Waals surface area contributed by atoms with Gasteiger partial charge in [-0.05, 0) is 54.8 Å². The lowest BCUT2D eigenvalue weighted by atomic mass is 10.2. The quantitative estimate of drug-likeness (QED) is 0.480. The number of rotatable bonds is 8. The second-order valence-corrected chi connectivity index (χ2v) is 6.09. The molecular formula is C22H23N3O2. The van der Waals surface area contributed by atoms with E-state index in [0.29, 0.717) is 24.4 Å². The van der Waals surface area contributed by atoms with E-state index in [9.17, 15) is 4.79 Å². The minimum atomic E-state index is -0.211. The Kier molecular flexibility index (Phi) is 6.52. The fourth-order valence-corrected chi connectivity index (χ4v) is 2.63. The smallest absolute Gasteiger partial charge is 0.270 e. The summed E-state index contributed by atoms with van der Waals surface area (Å²) in [5.41, 5.74) is 2.84. The predicted molar refractivity (Wildman–Crippen MR) is 107 cm³/mol. The van der Waals surface area contributed by atoms with Gasteiger partial charge in [-0.2, -0.15) is 0 Å². The number of benzene rings is 1. The van der Waals surface area contributed by atoms with Crippen molar-refractivity contribution in [3.63, 3.8) is 0 Å². The molecule has 2 aromatic heterocycles. The lowest BCUT2D eigenvalue weighted by Gasteiger charge is -2.08. The summed E-state index contributed by atoms with van der Waals surface area (Å²) in [6.45, 7) is 3.17. The van der Waals surface area contributed by atoms with Gasteiger partial charge in [-0.3, -0.25) is 9.78 Å². The molecular weight excluding hydrogens is 338 g/mol. The molecule has 5 heteroatoms. The van der Waals surface area contributed by atoms with Gasteiger partial charge >= 0.3 is 0 Å². The Balaban J connectivity index is 1.56. The number of hydrogen-bond acceptors (Lipinski definition) is 4. The largest absolute Gasteiger partial charge is 0.493 e. The molecule has 0 fully saturated rings. The van der Waals surface area contributed by atoms with Crippen molar-refractivity contribution in [2.24, 2.45) is 0 Å². The zero-order chi connectivity index (χ0) is 18.9. The van der Waals surface area contributed by atoms with E-state index in [0.717, 1.165) is 29.7 Å². The molecule has 0 aliphatic carbocycles. The number of nitrogens with zero attached hydrogens (tertiary/aromatic N) is 2. The summed E-state index contributed by atoms with van der Waals surface area (Å²) in [6.07, 6.45) is 7.89. The first kappa shape index (κ1) is 18.6. The Labute approximate surface area is 159 Å². The highest BCUT2D eigenvalue weighted by atomic mass is 16.5. The molecule has 3 aromatic rings. The summed E-state index contributed by atoms with van der Waals surface area (Å²) in [5.74, 6) is 0.596. The number of allylic oxidation sites excluding steroid dienone is 1. The van der Waals surface area contributed by atoms with E-state index in [2.05, 4.69) is 34.4 Å². The fourth-order valence-electron chi connectivity index (χ4n) is 2.63. The summed E-state index contributed by atoms with van der Waals surface area (Å²) >= 11 is 0. The Morgan fingerprint density at radius 3 is 2.93 bits per heavy atom. The molecule has 0 spiro atoms. The van der Waals surface area contributed by atoms with E-state index in [1.807, 2.05) is 30.3 Å². The van der Waals surface area contributed by atoms with Crippen molar-refractivity contribution in [3.05, 3.63) is 78.1 Å². The van der Waals surface area contributed by atoms with Crippen molar-refractivity contribution < 1.29 is 9.53 Å².